The Hall–Kier alpha value is -0.570. The van der Waals surface area contributed by atoms with Gasteiger partial charge in [-0.3, -0.25) is 4.79 Å². The first-order valence-electron chi connectivity index (χ1n) is 4.45. The summed E-state index contributed by atoms with van der Waals surface area (Å²) in [6, 6.07) is 0. The van der Waals surface area contributed by atoms with Crippen LogP contribution in [0.1, 0.15) is 26.7 Å². The molecule has 1 fully saturated rings. The van der Waals surface area contributed by atoms with E-state index in [0.717, 1.165) is 26.1 Å². The van der Waals surface area contributed by atoms with Crippen LogP contribution in [0.25, 0.3) is 0 Å². The molecule has 1 rings (SSSR count). The molecule has 0 amide bonds. The first kappa shape index (κ1) is 9.52. The van der Waals surface area contributed by atoms with Gasteiger partial charge in [-0.25, -0.2) is 0 Å². The van der Waals surface area contributed by atoms with Crippen molar-refractivity contribution >= 4 is 5.97 Å². The number of hydrogen-bond acceptors (Lipinski definition) is 3. The van der Waals surface area contributed by atoms with Crippen LogP contribution in [-0.4, -0.2) is 25.3 Å². The van der Waals surface area contributed by atoms with Gasteiger partial charge >= 0.3 is 5.97 Å². The van der Waals surface area contributed by atoms with Crippen molar-refractivity contribution in [3.8, 4) is 0 Å². The van der Waals surface area contributed by atoms with Crippen molar-refractivity contribution < 1.29 is 14.3 Å². The summed E-state index contributed by atoms with van der Waals surface area (Å²) in [6.07, 6.45) is 2.06. The third-order valence-electron chi connectivity index (χ3n) is 2.28. The number of carbonyl (C=O) groups excluding carboxylic acids is 1. The summed E-state index contributed by atoms with van der Waals surface area (Å²) in [7, 11) is 0. The summed E-state index contributed by atoms with van der Waals surface area (Å²) in [5.41, 5.74) is 0. The average Bonchev–Trinajstić information content (AvgIpc) is 2.05. The zero-order chi connectivity index (χ0) is 8.97. The number of esters is 1. The van der Waals surface area contributed by atoms with Crippen molar-refractivity contribution in [2.45, 2.75) is 32.8 Å². The second-order valence-corrected chi connectivity index (χ2v) is 3.26. The molecule has 1 aliphatic heterocycles. The Morgan fingerprint density at radius 3 is 2.58 bits per heavy atom. The lowest BCUT2D eigenvalue weighted by atomic mass is 9.95. The van der Waals surface area contributed by atoms with E-state index in [9.17, 15) is 4.79 Å². The Balaban J connectivity index is 2.29. The van der Waals surface area contributed by atoms with E-state index in [1.165, 1.54) is 6.92 Å². The van der Waals surface area contributed by atoms with Crippen molar-refractivity contribution in [3.63, 3.8) is 0 Å². The van der Waals surface area contributed by atoms with Gasteiger partial charge in [-0.1, -0.05) is 0 Å². The second-order valence-electron chi connectivity index (χ2n) is 3.26. The van der Waals surface area contributed by atoms with Crippen molar-refractivity contribution in [2.24, 2.45) is 5.92 Å². The molecule has 0 spiro atoms. The first-order valence-corrected chi connectivity index (χ1v) is 4.45. The standard InChI is InChI=1S/C9H16O3/c1-7(12-8(2)10)9-3-5-11-6-4-9/h7,9H,3-6H2,1-2H3/t7-/m0/s1. The van der Waals surface area contributed by atoms with E-state index in [1.54, 1.807) is 0 Å². The fourth-order valence-electron chi connectivity index (χ4n) is 1.54. The molecule has 1 heterocycles. The van der Waals surface area contributed by atoms with Crippen LogP contribution in [0.15, 0.2) is 0 Å². The molecule has 1 atom stereocenters. The van der Waals surface area contributed by atoms with Gasteiger partial charge in [0.1, 0.15) is 6.10 Å². The molecule has 12 heavy (non-hydrogen) atoms. The van der Waals surface area contributed by atoms with Crippen molar-refractivity contribution in [3.05, 3.63) is 0 Å². The molecule has 0 aromatic rings. The number of hydrogen-bond donors (Lipinski definition) is 0. The van der Waals surface area contributed by atoms with E-state index >= 15 is 0 Å². The van der Waals surface area contributed by atoms with E-state index in [4.69, 9.17) is 9.47 Å². The Morgan fingerprint density at radius 1 is 1.50 bits per heavy atom. The van der Waals surface area contributed by atoms with Gasteiger partial charge < -0.3 is 9.47 Å². The predicted octanol–water partition coefficient (Wildman–Crippen LogP) is 1.36. The van der Waals surface area contributed by atoms with E-state index in [1.807, 2.05) is 6.92 Å². The zero-order valence-corrected chi connectivity index (χ0v) is 7.71. The molecular formula is C9H16O3. The van der Waals surface area contributed by atoms with Crippen LogP contribution < -0.4 is 0 Å². The molecule has 1 saturated heterocycles. The Labute approximate surface area is 73.0 Å². The van der Waals surface area contributed by atoms with Crippen LogP contribution in [-0.2, 0) is 14.3 Å². The van der Waals surface area contributed by atoms with Gasteiger partial charge in [0.05, 0.1) is 0 Å². The molecule has 0 aliphatic carbocycles. The summed E-state index contributed by atoms with van der Waals surface area (Å²) in [4.78, 5) is 10.6. The van der Waals surface area contributed by atoms with Crippen LogP contribution in [0.2, 0.25) is 0 Å². The molecule has 0 N–H and O–H groups in total. The summed E-state index contributed by atoms with van der Waals surface area (Å²) in [6.45, 7) is 5.01. The summed E-state index contributed by atoms with van der Waals surface area (Å²) in [5.74, 6) is 0.302. The molecule has 0 radical (unpaired) electrons. The third-order valence-corrected chi connectivity index (χ3v) is 2.28. The summed E-state index contributed by atoms with van der Waals surface area (Å²) in [5, 5.41) is 0. The van der Waals surface area contributed by atoms with E-state index in [-0.39, 0.29) is 12.1 Å². The summed E-state index contributed by atoms with van der Waals surface area (Å²) >= 11 is 0. The minimum Gasteiger partial charge on any atom is -0.463 e. The van der Waals surface area contributed by atoms with Crippen molar-refractivity contribution in [1.29, 1.82) is 0 Å². The molecule has 0 unspecified atom stereocenters. The van der Waals surface area contributed by atoms with Crippen LogP contribution >= 0.6 is 0 Å². The predicted molar refractivity (Wildman–Crippen MR) is 44.8 cm³/mol. The van der Waals surface area contributed by atoms with E-state index in [0.29, 0.717) is 5.92 Å². The van der Waals surface area contributed by atoms with Gasteiger partial charge in [0.2, 0.25) is 0 Å². The highest BCUT2D eigenvalue weighted by Crippen LogP contribution is 2.20. The molecule has 0 aromatic carbocycles. The van der Waals surface area contributed by atoms with Crippen LogP contribution in [0.5, 0.6) is 0 Å². The first-order chi connectivity index (χ1) is 5.70. The monoisotopic (exact) mass is 172 g/mol. The lowest BCUT2D eigenvalue weighted by Crippen LogP contribution is -2.28. The van der Waals surface area contributed by atoms with Gasteiger partial charge in [-0.05, 0) is 19.8 Å². The molecule has 0 saturated carbocycles. The lowest BCUT2D eigenvalue weighted by Gasteiger charge is -2.26. The lowest BCUT2D eigenvalue weighted by molar-refractivity contribution is -0.149. The normalized spacial score (nSPS) is 21.8. The number of ether oxygens (including phenoxy) is 2. The van der Waals surface area contributed by atoms with Crippen LogP contribution in [0.4, 0.5) is 0 Å². The average molecular weight is 172 g/mol. The zero-order valence-electron chi connectivity index (χ0n) is 7.71. The number of carbonyl (C=O) groups is 1. The molecule has 3 nitrogen and oxygen atoms in total. The highest BCUT2D eigenvalue weighted by atomic mass is 16.5. The molecule has 70 valence electrons. The summed E-state index contributed by atoms with van der Waals surface area (Å²) < 4.78 is 10.3. The third kappa shape index (κ3) is 2.81. The Kier molecular flexibility index (Phi) is 3.53. The molecule has 1 aliphatic rings. The fraction of sp³-hybridized carbons (Fsp3) is 0.889. The van der Waals surface area contributed by atoms with Gasteiger partial charge in [-0.2, -0.15) is 0 Å². The topological polar surface area (TPSA) is 35.5 Å². The largest absolute Gasteiger partial charge is 0.463 e. The SMILES string of the molecule is CC(=O)O[C@@H](C)C1CCOCC1. The second kappa shape index (κ2) is 4.45. The van der Waals surface area contributed by atoms with Gasteiger partial charge in [-0.15, -0.1) is 0 Å². The molecule has 0 aromatic heterocycles. The molecule has 3 heteroatoms. The smallest absolute Gasteiger partial charge is 0.302 e. The molecule has 0 bridgehead atoms. The Morgan fingerprint density at radius 2 is 2.08 bits per heavy atom. The van der Waals surface area contributed by atoms with Crippen LogP contribution in [0.3, 0.4) is 0 Å². The molecular weight excluding hydrogens is 156 g/mol. The van der Waals surface area contributed by atoms with E-state index < -0.39 is 0 Å². The maximum atomic E-state index is 10.6. The Bertz CT molecular complexity index is 150. The highest BCUT2D eigenvalue weighted by molar-refractivity contribution is 5.66. The minimum atomic E-state index is -0.186. The number of rotatable bonds is 2. The van der Waals surface area contributed by atoms with Crippen molar-refractivity contribution in [2.75, 3.05) is 13.2 Å². The quantitative estimate of drug-likeness (QED) is 0.590. The van der Waals surface area contributed by atoms with Gasteiger partial charge in [0.25, 0.3) is 0 Å². The highest BCUT2D eigenvalue weighted by Gasteiger charge is 2.22. The van der Waals surface area contributed by atoms with Crippen molar-refractivity contribution in [1.82, 2.24) is 0 Å². The van der Waals surface area contributed by atoms with E-state index in [2.05, 4.69) is 0 Å². The maximum absolute atomic E-state index is 10.6. The maximum Gasteiger partial charge on any atom is 0.302 e. The minimum absolute atomic E-state index is 0.0476. The van der Waals surface area contributed by atoms with Gasteiger partial charge in [0.15, 0.2) is 0 Å². The van der Waals surface area contributed by atoms with Gasteiger partial charge in [0, 0.05) is 26.1 Å². The fourth-order valence-corrected chi connectivity index (χ4v) is 1.54. The van der Waals surface area contributed by atoms with Crippen LogP contribution in [0, 0.1) is 5.92 Å².